The van der Waals surface area contributed by atoms with Crippen LogP contribution in [-0.4, -0.2) is 5.84 Å². The van der Waals surface area contributed by atoms with Gasteiger partial charge < -0.3 is 11.1 Å². The van der Waals surface area contributed by atoms with Gasteiger partial charge in [0.05, 0.1) is 0 Å². The monoisotopic (exact) mass is 237 g/mol. The maximum Gasteiger partial charge on any atom is 0.123 e. The summed E-state index contributed by atoms with van der Waals surface area (Å²) in [5.41, 5.74) is 11.2. The molecule has 0 radical (unpaired) electrons. The van der Waals surface area contributed by atoms with Crippen molar-refractivity contribution in [2.45, 2.75) is 12.8 Å². The molecule has 3 heteroatoms. The number of benzene rings is 2. The van der Waals surface area contributed by atoms with Crippen molar-refractivity contribution in [3.8, 4) is 0 Å². The van der Waals surface area contributed by atoms with Gasteiger partial charge in [-0.05, 0) is 36.1 Å². The number of anilines is 2. The van der Waals surface area contributed by atoms with E-state index in [1.54, 1.807) is 0 Å². The van der Waals surface area contributed by atoms with Gasteiger partial charge in [-0.25, -0.2) is 0 Å². The lowest BCUT2D eigenvalue weighted by Gasteiger charge is -2.12. The Labute approximate surface area is 106 Å². The van der Waals surface area contributed by atoms with Crippen LogP contribution in [0, 0.1) is 5.41 Å². The van der Waals surface area contributed by atoms with Crippen molar-refractivity contribution in [1.82, 2.24) is 0 Å². The maximum absolute atomic E-state index is 7.66. The van der Waals surface area contributed by atoms with Crippen molar-refractivity contribution in [3.63, 3.8) is 0 Å². The summed E-state index contributed by atoms with van der Waals surface area (Å²) < 4.78 is 0. The summed E-state index contributed by atoms with van der Waals surface area (Å²) in [7, 11) is 0. The topological polar surface area (TPSA) is 61.9 Å². The zero-order valence-corrected chi connectivity index (χ0v) is 10.0. The Morgan fingerprint density at radius 1 is 1.00 bits per heavy atom. The first-order valence-corrected chi connectivity index (χ1v) is 6.07. The molecule has 0 spiro atoms. The third kappa shape index (κ3) is 1.74. The average Bonchev–Trinajstić information content (AvgIpc) is 2.56. The van der Waals surface area contributed by atoms with Gasteiger partial charge >= 0.3 is 0 Å². The number of aryl methyl sites for hydroxylation is 1. The van der Waals surface area contributed by atoms with Crippen molar-refractivity contribution in [2.75, 3.05) is 5.32 Å². The molecule has 1 aliphatic heterocycles. The van der Waals surface area contributed by atoms with Crippen LogP contribution in [0.1, 0.15) is 16.7 Å². The molecule has 0 atom stereocenters. The lowest BCUT2D eigenvalue weighted by Crippen LogP contribution is -2.14. The summed E-state index contributed by atoms with van der Waals surface area (Å²) in [6.07, 6.45) is 1.88. The van der Waals surface area contributed by atoms with Gasteiger partial charge in [0.25, 0.3) is 0 Å². The fraction of sp³-hybridized carbons (Fsp3) is 0.133. The minimum Gasteiger partial charge on any atom is -0.384 e. The summed E-state index contributed by atoms with van der Waals surface area (Å²) in [4.78, 5) is 0. The number of nitrogens with one attached hydrogen (secondary N) is 2. The minimum absolute atomic E-state index is 0.139. The molecule has 0 fully saturated rings. The Morgan fingerprint density at radius 3 is 2.61 bits per heavy atom. The average molecular weight is 237 g/mol. The molecular weight excluding hydrogens is 222 g/mol. The second-order valence-corrected chi connectivity index (χ2v) is 4.53. The standard InChI is InChI=1S/C15H15N3/c16-15(17)12-5-3-7-14-11(12)9-8-10-4-1-2-6-13(10)18-14/h1-7,18H,8-9H2,(H3,16,17). The summed E-state index contributed by atoms with van der Waals surface area (Å²) in [6.45, 7) is 0. The third-order valence-corrected chi connectivity index (χ3v) is 3.40. The van der Waals surface area contributed by atoms with Gasteiger partial charge in [0.1, 0.15) is 5.84 Å². The molecule has 1 aliphatic rings. The predicted octanol–water partition coefficient (Wildman–Crippen LogP) is 2.81. The Bertz CT molecular complexity index is 617. The van der Waals surface area contributed by atoms with E-state index in [-0.39, 0.29) is 5.84 Å². The van der Waals surface area contributed by atoms with Crippen LogP contribution in [0.15, 0.2) is 42.5 Å². The number of amidine groups is 1. The van der Waals surface area contributed by atoms with Crippen molar-refractivity contribution in [2.24, 2.45) is 5.73 Å². The van der Waals surface area contributed by atoms with E-state index in [9.17, 15) is 0 Å². The SMILES string of the molecule is N=C(N)c1cccc2c1CCc1ccccc1N2. The summed E-state index contributed by atoms with van der Waals surface area (Å²) >= 11 is 0. The van der Waals surface area contributed by atoms with Gasteiger partial charge in [0.2, 0.25) is 0 Å². The van der Waals surface area contributed by atoms with Crippen molar-refractivity contribution < 1.29 is 0 Å². The predicted molar refractivity (Wildman–Crippen MR) is 74.6 cm³/mol. The van der Waals surface area contributed by atoms with Gasteiger partial charge in [-0.1, -0.05) is 30.3 Å². The Balaban J connectivity index is 2.12. The molecule has 2 aromatic carbocycles. The first-order chi connectivity index (χ1) is 8.75. The van der Waals surface area contributed by atoms with Crippen LogP contribution in [0.5, 0.6) is 0 Å². The highest BCUT2D eigenvalue weighted by atomic mass is 14.9. The molecule has 90 valence electrons. The Morgan fingerprint density at radius 2 is 1.78 bits per heavy atom. The Kier molecular flexibility index (Phi) is 2.52. The molecule has 0 bridgehead atoms. The van der Waals surface area contributed by atoms with Crippen molar-refractivity contribution >= 4 is 17.2 Å². The molecule has 3 nitrogen and oxygen atoms in total. The van der Waals surface area contributed by atoms with Gasteiger partial charge in [0, 0.05) is 16.9 Å². The van der Waals surface area contributed by atoms with Gasteiger partial charge in [0.15, 0.2) is 0 Å². The van der Waals surface area contributed by atoms with E-state index < -0.39 is 0 Å². The first-order valence-electron chi connectivity index (χ1n) is 6.07. The van der Waals surface area contributed by atoms with E-state index in [1.165, 1.54) is 5.56 Å². The Hall–Kier alpha value is -2.29. The number of nitrogen functional groups attached to an aromatic ring is 1. The number of fused-ring (bicyclic) bond motifs is 2. The third-order valence-electron chi connectivity index (χ3n) is 3.40. The second-order valence-electron chi connectivity index (χ2n) is 4.53. The molecule has 0 saturated carbocycles. The molecule has 1 heterocycles. The van der Waals surface area contributed by atoms with E-state index in [4.69, 9.17) is 11.1 Å². The van der Waals surface area contributed by atoms with Gasteiger partial charge in [-0.15, -0.1) is 0 Å². The normalized spacial score (nSPS) is 12.9. The molecule has 2 aromatic rings. The zero-order valence-electron chi connectivity index (χ0n) is 10.0. The second kappa shape index (κ2) is 4.18. The highest BCUT2D eigenvalue weighted by Crippen LogP contribution is 2.31. The zero-order chi connectivity index (χ0) is 12.5. The highest BCUT2D eigenvalue weighted by Gasteiger charge is 2.15. The van der Waals surface area contributed by atoms with E-state index in [0.717, 1.165) is 35.3 Å². The number of rotatable bonds is 1. The highest BCUT2D eigenvalue weighted by molar-refractivity contribution is 5.98. The van der Waals surface area contributed by atoms with Gasteiger partial charge in [-0.2, -0.15) is 0 Å². The number of hydrogen-bond acceptors (Lipinski definition) is 2. The molecule has 3 rings (SSSR count). The molecule has 4 N–H and O–H groups in total. The van der Waals surface area contributed by atoms with Crippen LogP contribution in [-0.2, 0) is 12.8 Å². The minimum atomic E-state index is 0.139. The van der Waals surface area contributed by atoms with Crippen LogP contribution in [0.4, 0.5) is 11.4 Å². The van der Waals surface area contributed by atoms with Crippen molar-refractivity contribution in [1.29, 1.82) is 5.41 Å². The molecule has 0 unspecified atom stereocenters. The van der Waals surface area contributed by atoms with E-state index in [0.29, 0.717) is 0 Å². The molecule has 18 heavy (non-hydrogen) atoms. The summed E-state index contributed by atoms with van der Waals surface area (Å²) in [5, 5.41) is 11.1. The molecule has 0 aliphatic carbocycles. The molecular formula is C15H15N3. The van der Waals surface area contributed by atoms with Crippen LogP contribution in [0.25, 0.3) is 0 Å². The lowest BCUT2D eigenvalue weighted by atomic mass is 9.99. The molecule has 0 aromatic heterocycles. The van der Waals surface area contributed by atoms with E-state index in [2.05, 4.69) is 23.5 Å². The van der Waals surface area contributed by atoms with E-state index >= 15 is 0 Å². The summed E-state index contributed by atoms with van der Waals surface area (Å²) in [5.74, 6) is 0.139. The smallest absolute Gasteiger partial charge is 0.123 e. The summed E-state index contributed by atoms with van der Waals surface area (Å²) in [6, 6.07) is 14.2. The number of hydrogen-bond donors (Lipinski definition) is 3. The van der Waals surface area contributed by atoms with E-state index in [1.807, 2.05) is 24.3 Å². The van der Waals surface area contributed by atoms with Crippen LogP contribution < -0.4 is 11.1 Å². The first kappa shape index (κ1) is 10.8. The lowest BCUT2D eigenvalue weighted by molar-refractivity contribution is 0.973. The quantitative estimate of drug-likeness (QED) is 0.527. The largest absolute Gasteiger partial charge is 0.384 e. The van der Waals surface area contributed by atoms with Crippen molar-refractivity contribution in [3.05, 3.63) is 59.2 Å². The molecule has 0 amide bonds. The van der Waals surface area contributed by atoms with Gasteiger partial charge in [-0.3, -0.25) is 5.41 Å². The maximum atomic E-state index is 7.66. The molecule has 0 saturated heterocycles. The van der Waals surface area contributed by atoms with Crippen LogP contribution in [0.2, 0.25) is 0 Å². The van der Waals surface area contributed by atoms with Crippen LogP contribution >= 0.6 is 0 Å². The van der Waals surface area contributed by atoms with Crippen LogP contribution in [0.3, 0.4) is 0 Å². The fourth-order valence-corrected chi connectivity index (χ4v) is 2.49. The number of para-hydroxylation sites is 1. The number of nitrogens with two attached hydrogens (primary N) is 1. The fourth-order valence-electron chi connectivity index (χ4n) is 2.49.